The standard InChI is InChI=1S/C17H16BrClN2O3/c1-11(22)20-15-7-2-12(18)10-16(15)21-17(23)8-9-24-14-5-3-13(19)4-6-14/h2-7,10H,8-9H2,1H3,(H,20,22)(H,21,23). The van der Waals surface area contributed by atoms with Crippen molar-refractivity contribution in [1.29, 1.82) is 0 Å². The number of nitrogens with one attached hydrogen (secondary N) is 2. The molecule has 2 aromatic carbocycles. The van der Waals surface area contributed by atoms with E-state index in [0.29, 0.717) is 22.1 Å². The van der Waals surface area contributed by atoms with Gasteiger partial charge in [-0.1, -0.05) is 27.5 Å². The second-order valence-electron chi connectivity index (χ2n) is 4.97. The zero-order valence-electron chi connectivity index (χ0n) is 12.9. The highest BCUT2D eigenvalue weighted by Crippen LogP contribution is 2.26. The topological polar surface area (TPSA) is 67.4 Å². The Hall–Kier alpha value is -2.05. The summed E-state index contributed by atoms with van der Waals surface area (Å²) in [4.78, 5) is 23.3. The van der Waals surface area contributed by atoms with Crippen molar-refractivity contribution in [1.82, 2.24) is 0 Å². The first-order valence-corrected chi connectivity index (χ1v) is 8.36. The van der Waals surface area contributed by atoms with Gasteiger partial charge in [0.1, 0.15) is 5.75 Å². The number of carbonyl (C=O) groups excluding carboxylic acids is 2. The third-order valence-electron chi connectivity index (χ3n) is 2.98. The van der Waals surface area contributed by atoms with E-state index in [1.807, 2.05) is 0 Å². The monoisotopic (exact) mass is 410 g/mol. The lowest BCUT2D eigenvalue weighted by atomic mass is 10.2. The quantitative estimate of drug-likeness (QED) is 0.737. The Morgan fingerprint density at radius 2 is 1.79 bits per heavy atom. The highest BCUT2D eigenvalue weighted by molar-refractivity contribution is 9.10. The third kappa shape index (κ3) is 5.86. The van der Waals surface area contributed by atoms with Crippen LogP contribution in [-0.4, -0.2) is 18.4 Å². The number of hydrogen-bond acceptors (Lipinski definition) is 3. The molecule has 0 aliphatic heterocycles. The van der Waals surface area contributed by atoms with Crippen molar-refractivity contribution < 1.29 is 14.3 Å². The number of halogens is 2. The third-order valence-corrected chi connectivity index (χ3v) is 3.72. The summed E-state index contributed by atoms with van der Waals surface area (Å²) < 4.78 is 6.29. The van der Waals surface area contributed by atoms with E-state index in [9.17, 15) is 9.59 Å². The fraction of sp³-hybridized carbons (Fsp3) is 0.176. The Balaban J connectivity index is 1.90. The van der Waals surface area contributed by atoms with Crippen molar-refractivity contribution in [2.45, 2.75) is 13.3 Å². The maximum Gasteiger partial charge on any atom is 0.227 e. The molecular formula is C17H16BrClN2O3. The molecule has 0 spiro atoms. The molecule has 0 saturated heterocycles. The van der Waals surface area contributed by atoms with E-state index in [1.165, 1.54) is 6.92 Å². The van der Waals surface area contributed by atoms with Gasteiger partial charge in [0.25, 0.3) is 0 Å². The predicted molar refractivity (Wildman–Crippen MR) is 98.6 cm³/mol. The second-order valence-corrected chi connectivity index (χ2v) is 6.32. The predicted octanol–water partition coefficient (Wildman–Crippen LogP) is 4.47. The Kier molecular flexibility index (Phi) is 6.63. The summed E-state index contributed by atoms with van der Waals surface area (Å²) in [7, 11) is 0. The summed E-state index contributed by atoms with van der Waals surface area (Å²) in [5.41, 5.74) is 1.06. The van der Waals surface area contributed by atoms with Gasteiger partial charge in [0.15, 0.2) is 0 Å². The zero-order chi connectivity index (χ0) is 17.5. The molecule has 0 bridgehead atoms. The minimum atomic E-state index is -0.214. The molecule has 0 aliphatic carbocycles. The fourth-order valence-electron chi connectivity index (χ4n) is 1.92. The Bertz CT molecular complexity index is 735. The number of amides is 2. The number of anilines is 2. The van der Waals surface area contributed by atoms with Crippen LogP contribution in [0.2, 0.25) is 5.02 Å². The Morgan fingerprint density at radius 3 is 2.46 bits per heavy atom. The molecule has 126 valence electrons. The summed E-state index contributed by atoms with van der Waals surface area (Å²) in [6.07, 6.45) is 0.175. The fourth-order valence-corrected chi connectivity index (χ4v) is 2.41. The summed E-state index contributed by atoms with van der Waals surface area (Å²) >= 11 is 9.14. The first-order valence-electron chi connectivity index (χ1n) is 7.19. The van der Waals surface area contributed by atoms with Crippen molar-refractivity contribution >= 4 is 50.7 Å². The van der Waals surface area contributed by atoms with Gasteiger partial charge in [0.2, 0.25) is 11.8 Å². The zero-order valence-corrected chi connectivity index (χ0v) is 15.3. The van der Waals surface area contributed by atoms with E-state index in [0.717, 1.165) is 4.47 Å². The molecule has 0 fully saturated rings. The van der Waals surface area contributed by atoms with E-state index >= 15 is 0 Å². The largest absolute Gasteiger partial charge is 0.493 e. The van der Waals surface area contributed by atoms with Crippen LogP contribution in [-0.2, 0) is 9.59 Å². The molecule has 0 heterocycles. The number of benzene rings is 2. The second kappa shape index (κ2) is 8.70. The lowest BCUT2D eigenvalue weighted by Crippen LogP contribution is -2.17. The molecule has 0 unspecified atom stereocenters. The van der Waals surface area contributed by atoms with E-state index < -0.39 is 0 Å². The first kappa shape index (κ1) is 18.3. The summed E-state index contributed by atoms with van der Waals surface area (Å²) in [6, 6.07) is 12.1. The minimum absolute atomic E-state index is 0.175. The molecule has 2 amide bonds. The summed E-state index contributed by atoms with van der Waals surface area (Å²) in [6.45, 7) is 1.64. The maximum absolute atomic E-state index is 12.1. The normalized spacial score (nSPS) is 10.1. The van der Waals surface area contributed by atoms with E-state index in [4.69, 9.17) is 16.3 Å². The molecule has 2 N–H and O–H groups in total. The van der Waals surface area contributed by atoms with Crippen molar-refractivity contribution in [3.8, 4) is 5.75 Å². The Morgan fingerprint density at radius 1 is 1.08 bits per heavy atom. The van der Waals surface area contributed by atoms with Crippen molar-refractivity contribution in [2.24, 2.45) is 0 Å². The van der Waals surface area contributed by atoms with Crippen LogP contribution < -0.4 is 15.4 Å². The van der Waals surface area contributed by atoms with Crippen LogP contribution in [0.5, 0.6) is 5.75 Å². The van der Waals surface area contributed by atoms with Gasteiger partial charge < -0.3 is 15.4 Å². The van der Waals surface area contributed by atoms with Gasteiger partial charge in [-0.15, -0.1) is 0 Å². The molecule has 0 saturated carbocycles. The van der Waals surface area contributed by atoms with Crippen LogP contribution in [0.1, 0.15) is 13.3 Å². The average molecular weight is 412 g/mol. The van der Waals surface area contributed by atoms with Gasteiger partial charge in [-0.3, -0.25) is 9.59 Å². The maximum atomic E-state index is 12.1. The van der Waals surface area contributed by atoms with Crippen molar-refractivity contribution in [3.05, 3.63) is 52.0 Å². The molecule has 5 nitrogen and oxygen atoms in total. The summed E-state index contributed by atoms with van der Waals surface area (Å²) in [5.74, 6) is 0.223. The number of ether oxygens (including phenoxy) is 1. The highest BCUT2D eigenvalue weighted by atomic mass is 79.9. The van der Waals surface area contributed by atoms with Crippen LogP contribution in [0.25, 0.3) is 0 Å². The van der Waals surface area contributed by atoms with E-state index in [2.05, 4.69) is 26.6 Å². The molecular weight excluding hydrogens is 396 g/mol. The van der Waals surface area contributed by atoms with Gasteiger partial charge in [0, 0.05) is 16.4 Å². The first-order chi connectivity index (χ1) is 11.4. The van der Waals surface area contributed by atoms with Crippen LogP contribution in [0.3, 0.4) is 0 Å². The molecule has 2 aromatic rings. The lowest BCUT2D eigenvalue weighted by molar-refractivity contribution is -0.117. The molecule has 0 atom stereocenters. The van der Waals surface area contributed by atoms with Crippen LogP contribution in [0.4, 0.5) is 11.4 Å². The molecule has 0 aromatic heterocycles. The number of rotatable bonds is 6. The number of hydrogen-bond donors (Lipinski definition) is 2. The van der Waals surface area contributed by atoms with Gasteiger partial charge in [-0.2, -0.15) is 0 Å². The summed E-state index contributed by atoms with van der Waals surface area (Å²) in [5, 5.41) is 6.07. The van der Waals surface area contributed by atoms with Crippen LogP contribution >= 0.6 is 27.5 Å². The van der Waals surface area contributed by atoms with Crippen LogP contribution in [0.15, 0.2) is 46.9 Å². The lowest BCUT2D eigenvalue weighted by Gasteiger charge is -2.12. The highest BCUT2D eigenvalue weighted by Gasteiger charge is 2.09. The van der Waals surface area contributed by atoms with Crippen molar-refractivity contribution in [3.63, 3.8) is 0 Å². The minimum Gasteiger partial charge on any atom is -0.493 e. The molecule has 0 radical (unpaired) electrons. The molecule has 0 aliphatic rings. The van der Waals surface area contributed by atoms with Crippen LogP contribution in [0, 0.1) is 0 Å². The van der Waals surface area contributed by atoms with Crippen molar-refractivity contribution in [2.75, 3.05) is 17.2 Å². The van der Waals surface area contributed by atoms with Gasteiger partial charge in [0.05, 0.1) is 24.4 Å². The smallest absolute Gasteiger partial charge is 0.227 e. The average Bonchev–Trinajstić information content (AvgIpc) is 2.51. The molecule has 2 rings (SSSR count). The van der Waals surface area contributed by atoms with Gasteiger partial charge >= 0.3 is 0 Å². The van der Waals surface area contributed by atoms with E-state index in [-0.39, 0.29) is 24.8 Å². The molecule has 7 heteroatoms. The molecule has 24 heavy (non-hydrogen) atoms. The van der Waals surface area contributed by atoms with Gasteiger partial charge in [-0.05, 0) is 42.5 Å². The Labute approximate surface area is 153 Å². The van der Waals surface area contributed by atoms with E-state index in [1.54, 1.807) is 42.5 Å². The number of carbonyl (C=O) groups is 2. The van der Waals surface area contributed by atoms with Gasteiger partial charge in [-0.25, -0.2) is 0 Å². The SMILES string of the molecule is CC(=O)Nc1ccc(Br)cc1NC(=O)CCOc1ccc(Cl)cc1.